The van der Waals surface area contributed by atoms with Gasteiger partial charge in [0.05, 0.1) is 5.69 Å². The molecule has 4 nitrogen and oxygen atoms in total. The molecule has 0 aromatic carbocycles. The van der Waals surface area contributed by atoms with Gasteiger partial charge in [-0.3, -0.25) is 4.68 Å². The Morgan fingerprint density at radius 1 is 1.59 bits per heavy atom. The third-order valence-corrected chi connectivity index (χ3v) is 3.30. The van der Waals surface area contributed by atoms with Crippen molar-refractivity contribution in [2.75, 3.05) is 19.8 Å². The Kier molecular flexibility index (Phi) is 5.01. The van der Waals surface area contributed by atoms with Crippen molar-refractivity contribution in [2.24, 2.45) is 5.92 Å². The highest BCUT2D eigenvalue weighted by Crippen LogP contribution is 2.15. The lowest BCUT2D eigenvalue weighted by molar-refractivity contribution is 0.184. The summed E-state index contributed by atoms with van der Waals surface area (Å²) in [7, 11) is 0. The maximum Gasteiger partial charge on any atom is 0.0522 e. The van der Waals surface area contributed by atoms with Crippen LogP contribution in [0.3, 0.4) is 0 Å². The van der Waals surface area contributed by atoms with E-state index in [0.717, 1.165) is 45.2 Å². The first-order valence-electron chi connectivity index (χ1n) is 6.69. The Morgan fingerprint density at radius 3 is 3.29 bits per heavy atom. The number of rotatable bonds is 7. The van der Waals surface area contributed by atoms with Gasteiger partial charge in [-0.1, -0.05) is 6.92 Å². The standard InChI is InChI=1S/C13H23N3O/c1-2-8-16-13(4-7-15-16)10-14-6-3-12-5-9-17-11-12/h4,7,12,14H,2-3,5-6,8-11H2,1H3. The molecule has 0 spiro atoms. The minimum Gasteiger partial charge on any atom is -0.381 e. The molecule has 4 heteroatoms. The van der Waals surface area contributed by atoms with Gasteiger partial charge in [-0.25, -0.2) is 0 Å². The molecule has 2 rings (SSSR count). The van der Waals surface area contributed by atoms with Crippen LogP contribution >= 0.6 is 0 Å². The third kappa shape index (κ3) is 3.82. The molecule has 0 amide bonds. The molecule has 1 aliphatic rings. The summed E-state index contributed by atoms with van der Waals surface area (Å²) >= 11 is 0. The first-order chi connectivity index (χ1) is 8.40. The van der Waals surface area contributed by atoms with Gasteiger partial charge in [-0.05, 0) is 37.8 Å². The lowest BCUT2D eigenvalue weighted by atomic mass is 10.1. The van der Waals surface area contributed by atoms with Gasteiger partial charge in [0.25, 0.3) is 0 Å². The Balaban J connectivity index is 1.65. The molecule has 0 saturated carbocycles. The quantitative estimate of drug-likeness (QED) is 0.735. The van der Waals surface area contributed by atoms with Gasteiger partial charge in [0.2, 0.25) is 0 Å². The molecule has 1 saturated heterocycles. The molecule has 17 heavy (non-hydrogen) atoms. The summed E-state index contributed by atoms with van der Waals surface area (Å²) in [6, 6.07) is 2.10. The molecule has 1 N–H and O–H groups in total. The van der Waals surface area contributed by atoms with E-state index in [1.165, 1.54) is 18.5 Å². The number of aromatic nitrogens is 2. The molecule has 1 fully saturated rings. The average Bonchev–Trinajstić information content (AvgIpc) is 2.96. The fraction of sp³-hybridized carbons (Fsp3) is 0.769. The highest BCUT2D eigenvalue weighted by molar-refractivity contribution is 4.99. The van der Waals surface area contributed by atoms with Crippen LogP contribution in [-0.4, -0.2) is 29.5 Å². The van der Waals surface area contributed by atoms with Gasteiger partial charge in [-0.15, -0.1) is 0 Å². The fourth-order valence-corrected chi connectivity index (χ4v) is 2.26. The van der Waals surface area contributed by atoms with E-state index in [2.05, 4.69) is 28.1 Å². The van der Waals surface area contributed by atoms with Gasteiger partial charge in [0.1, 0.15) is 0 Å². The van der Waals surface area contributed by atoms with Crippen molar-refractivity contribution in [1.29, 1.82) is 0 Å². The second kappa shape index (κ2) is 6.77. The van der Waals surface area contributed by atoms with E-state index >= 15 is 0 Å². The Morgan fingerprint density at radius 2 is 2.53 bits per heavy atom. The second-order valence-corrected chi connectivity index (χ2v) is 4.74. The van der Waals surface area contributed by atoms with Gasteiger partial charge in [0, 0.05) is 32.5 Å². The summed E-state index contributed by atoms with van der Waals surface area (Å²) in [4.78, 5) is 0. The van der Waals surface area contributed by atoms with E-state index in [9.17, 15) is 0 Å². The molecule has 1 aromatic heterocycles. The lowest BCUT2D eigenvalue weighted by Gasteiger charge is -2.10. The van der Waals surface area contributed by atoms with Crippen molar-refractivity contribution in [1.82, 2.24) is 15.1 Å². The topological polar surface area (TPSA) is 39.1 Å². The van der Waals surface area contributed by atoms with E-state index in [0.29, 0.717) is 0 Å². The first kappa shape index (κ1) is 12.6. The lowest BCUT2D eigenvalue weighted by Crippen LogP contribution is -2.20. The molecular weight excluding hydrogens is 214 g/mol. The minimum absolute atomic E-state index is 0.767. The number of hydrogen-bond acceptors (Lipinski definition) is 3. The molecule has 1 aromatic rings. The van der Waals surface area contributed by atoms with E-state index in [1.807, 2.05) is 6.20 Å². The zero-order valence-electron chi connectivity index (χ0n) is 10.7. The largest absolute Gasteiger partial charge is 0.381 e. The van der Waals surface area contributed by atoms with Crippen LogP contribution in [0.1, 0.15) is 31.9 Å². The molecule has 1 atom stereocenters. The van der Waals surface area contributed by atoms with Crippen LogP contribution in [0.15, 0.2) is 12.3 Å². The molecule has 96 valence electrons. The molecule has 0 aliphatic carbocycles. The SMILES string of the molecule is CCCn1nccc1CNCCC1CCOC1. The summed E-state index contributed by atoms with van der Waals surface area (Å²) in [6.07, 6.45) is 5.48. The van der Waals surface area contributed by atoms with Crippen LogP contribution in [0, 0.1) is 5.92 Å². The first-order valence-corrected chi connectivity index (χ1v) is 6.69. The molecular formula is C13H23N3O. The Bertz CT molecular complexity index is 318. The van der Waals surface area contributed by atoms with E-state index in [4.69, 9.17) is 4.74 Å². The van der Waals surface area contributed by atoms with Crippen molar-refractivity contribution in [3.63, 3.8) is 0 Å². The van der Waals surface area contributed by atoms with Crippen LogP contribution < -0.4 is 5.32 Å². The summed E-state index contributed by atoms with van der Waals surface area (Å²) < 4.78 is 7.46. The highest BCUT2D eigenvalue weighted by Gasteiger charge is 2.14. The van der Waals surface area contributed by atoms with Gasteiger partial charge >= 0.3 is 0 Å². The van der Waals surface area contributed by atoms with Crippen molar-refractivity contribution < 1.29 is 4.74 Å². The van der Waals surface area contributed by atoms with Crippen molar-refractivity contribution in [3.05, 3.63) is 18.0 Å². The number of nitrogens with one attached hydrogen (secondary N) is 1. The highest BCUT2D eigenvalue weighted by atomic mass is 16.5. The van der Waals surface area contributed by atoms with Crippen molar-refractivity contribution >= 4 is 0 Å². The molecule has 0 bridgehead atoms. The molecule has 1 aliphatic heterocycles. The predicted molar refractivity (Wildman–Crippen MR) is 67.8 cm³/mol. The zero-order chi connectivity index (χ0) is 11.9. The Hall–Kier alpha value is -0.870. The number of ether oxygens (including phenoxy) is 1. The molecule has 1 unspecified atom stereocenters. The number of aryl methyl sites for hydroxylation is 1. The smallest absolute Gasteiger partial charge is 0.0522 e. The fourth-order valence-electron chi connectivity index (χ4n) is 2.26. The summed E-state index contributed by atoms with van der Waals surface area (Å²) in [6.45, 7) is 7.10. The van der Waals surface area contributed by atoms with Crippen molar-refractivity contribution in [2.45, 2.75) is 39.3 Å². The van der Waals surface area contributed by atoms with E-state index < -0.39 is 0 Å². The second-order valence-electron chi connectivity index (χ2n) is 4.74. The van der Waals surface area contributed by atoms with Crippen LogP contribution in [-0.2, 0) is 17.8 Å². The number of nitrogens with zero attached hydrogens (tertiary/aromatic N) is 2. The zero-order valence-corrected chi connectivity index (χ0v) is 10.7. The van der Waals surface area contributed by atoms with E-state index in [-0.39, 0.29) is 0 Å². The Labute approximate surface area is 103 Å². The maximum absolute atomic E-state index is 5.37. The summed E-state index contributed by atoms with van der Waals surface area (Å²) in [5.41, 5.74) is 1.29. The van der Waals surface area contributed by atoms with E-state index in [1.54, 1.807) is 0 Å². The number of hydrogen-bond donors (Lipinski definition) is 1. The predicted octanol–water partition coefficient (Wildman–Crippen LogP) is 1.81. The van der Waals surface area contributed by atoms with Gasteiger partial charge in [0.15, 0.2) is 0 Å². The van der Waals surface area contributed by atoms with Crippen LogP contribution in [0.25, 0.3) is 0 Å². The van der Waals surface area contributed by atoms with Crippen LogP contribution in [0.5, 0.6) is 0 Å². The maximum atomic E-state index is 5.37. The van der Waals surface area contributed by atoms with Crippen LogP contribution in [0.4, 0.5) is 0 Å². The average molecular weight is 237 g/mol. The molecule has 2 heterocycles. The van der Waals surface area contributed by atoms with Gasteiger partial charge in [-0.2, -0.15) is 5.10 Å². The normalized spacial score (nSPS) is 19.9. The molecule has 0 radical (unpaired) electrons. The summed E-state index contributed by atoms with van der Waals surface area (Å²) in [5.74, 6) is 0.767. The third-order valence-electron chi connectivity index (χ3n) is 3.30. The van der Waals surface area contributed by atoms with Crippen molar-refractivity contribution in [3.8, 4) is 0 Å². The monoisotopic (exact) mass is 237 g/mol. The summed E-state index contributed by atoms with van der Waals surface area (Å²) in [5, 5.41) is 7.82. The van der Waals surface area contributed by atoms with Crippen LogP contribution in [0.2, 0.25) is 0 Å². The minimum atomic E-state index is 0.767. The van der Waals surface area contributed by atoms with Gasteiger partial charge < -0.3 is 10.1 Å².